The van der Waals surface area contributed by atoms with E-state index >= 15 is 0 Å². The highest BCUT2D eigenvalue weighted by Crippen LogP contribution is 2.30. The molecule has 1 aliphatic rings. The molecule has 1 atom stereocenters. The van der Waals surface area contributed by atoms with Gasteiger partial charge in [-0.25, -0.2) is 8.42 Å². The lowest BCUT2D eigenvalue weighted by Gasteiger charge is -2.21. The maximum absolute atomic E-state index is 13.1. The molecule has 0 saturated heterocycles. The Hall–Kier alpha value is -2.71. The molecule has 7 nitrogen and oxygen atoms in total. The number of nitrogens with zero attached hydrogens (tertiary/aromatic N) is 1. The van der Waals surface area contributed by atoms with Crippen LogP contribution in [0.4, 0.5) is 11.4 Å². The molecule has 1 heterocycles. The van der Waals surface area contributed by atoms with Crippen LogP contribution in [0.5, 0.6) is 0 Å². The third-order valence-corrected chi connectivity index (χ3v) is 7.29. The minimum atomic E-state index is -3.93. The number of rotatable bonds is 7. The number of hydrogen-bond donors (Lipinski definition) is 2. The van der Waals surface area contributed by atoms with Gasteiger partial charge in [-0.15, -0.1) is 0 Å². The monoisotopic (exact) mass is 457 g/mol. The van der Waals surface area contributed by atoms with Gasteiger partial charge in [-0.05, 0) is 73.6 Å². The van der Waals surface area contributed by atoms with E-state index in [1.54, 1.807) is 17.0 Å². The minimum Gasteiger partial charge on any atom is -0.324 e. The molecule has 1 aliphatic heterocycles. The van der Waals surface area contributed by atoms with Gasteiger partial charge in [0.1, 0.15) is 6.04 Å². The van der Waals surface area contributed by atoms with E-state index in [1.165, 1.54) is 13.0 Å². The molecule has 0 aliphatic carbocycles. The Morgan fingerprint density at radius 2 is 1.84 bits per heavy atom. The lowest BCUT2D eigenvalue weighted by Crippen LogP contribution is -2.44. The summed E-state index contributed by atoms with van der Waals surface area (Å²) in [4.78, 5) is 26.5. The Morgan fingerprint density at radius 3 is 2.50 bits per heavy atom. The van der Waals surface area contributed by atoms with Gasteiger partial charge < -0.3 is 10.2 Å². The molecule has 0 fully saturated rings. The van der Waals surface area contributed by atoms with Crippen LogP contribution in [0.2, 0.25) is 0 Å². The van der Waals surface area contributed by atoms with E-state index in [1.807, 2.05) is 45.9 Å². The Labute approximate surface area is 190 Å². The first-order valence-corrected chi connectivity index (χ1v) is 12.3. The number of sulfonamides is 1. The molecule has 0 unspecified atom stereocenters. The van der Waals surface area contributed by atoms with Crippen LogP contribution in [-0.2, 0) is 26.0 Å². The smallest absolute Gasteiger partial charge is 0.242 e. The largest absolute Gasteiger partial charge is 0.324 e. The summed E-state index contributed by atoms with van der Waals surface area (Å²) in [6.45, 7) is 9.79. The summed E-state index contributed by atoms with van der Waals surface area (Å²) in [5.41, 5.74) is 4.21. The summed E-state index contributed by atoms with van der Waals surface area (Å²) in [6.07, 6.45) is 0.958. The summed E-state index contributed by atoms with van der Waals surface area (Å²) in [6, 6.07) is 9.44. The van der Waals surface area contributed by atoms with E-state index in [9.17, 15) is 18.0 Å². The molecule has 8 heteroatoms. The van der Waals surface area contributed by atoms with E-state index in [0.29, 0.717) is 25.1 Å². The number of aryl methyl sites for hydroxylation is 1. The molecule has 32 heavy (non-hydrogen) atoms. The zero-order valence-electron chi connectivity index (χ0n) is 19.2. The fourth-order valence-corrected chi connectivity index (χ4v) is 5.17. The highest BCUT2D eigenvalue weighted by Gasteiger charge is 2.29. The van der Waals surface area contributed by atoms with Gasteiger partial charge in [0, 0.05) is 24.8 Å². The zero-order chi connectivity index (χ0) is 23.6. The van der Waals surface area contributed by atoms with E-state index in [4.69, 9.17) is 0 Å². The molecule has 2 aromatic carbocycles. The summed E-state index contributed by atoms with van der Waals surface area (Å²) in [5.74, 6) is -0.353. The Kier molecular flexibility index (Phi) is 7.05. The van der Waals surface area contributed by atoms with Gasteiger partial charge in [-0.2, -0.15) is 4.72 Å². The third-order valence-electron chi connectivity index (χ3n) is 5.82. The average molecular weight is 458 g/mol. The first kappa shape index (κ1) is 23.9. The van der Waals surface area contributed by atoms with Crippen LogP contribution in [0.25, 0.3) is 0 Å². The molecule has 0 saturated carbocycles. The van der Waals surface area contributed by atoms with Gasteiger partial charge in [-0.1, -0.05) is 26.0 Å². The van der Waals surface area contributed by atoms with Crippen molar-refractivity contribution in [2.24, 2.45) is 5.92 Å². The predicted molar refractivity (Wildman–Crippen MR) is 126 cm³/mol. The number of carbonyl (C=O) groups excluding carboxylic acids is 2. The van der Waals surface area contributed by atoms with Crippen LogP contribution in [0, 0.1) is 19.8 Å². The average Bonchev–Trinajstić information content (AvgIpc) is 3.14. The van der Waals surface area contributed by atoms with Crippen molar-refractivity contribution in [3.05, 3.63) is 53.1 Å². The van der Waals surface area contributed by atoms with E-state index < -0.39 is 16.1 Å². The predicted octanol–water partition coefficient (Wildman–Crippen LogP) is 3.54. The lowest BCUT2D eigenvalue weighted by molar-refractivity contribution is -0.118. The summed E-state index contributed by atoms with van der Waals surface area (Å²) in [7, 11) is -3.93. The molecule has 0 spiro atoms. The normalized spacial score (nSPS) is 14.4. The summed E-state index contributed by atoms with van der Waals surface area (Å²) < 4.78 is 28.9. The summed E-state index contributed by atoms with van der Waals surface area (Å²) in [5, 5.41) is 2.88. The van der Waals surface area contributed by atoms with Crippen LogP contribution >= 0.6 is 0 Å². The van der Waals surface area contributed by atoms with Crippen molar-refractivity contribution in [2.75, 3.05) is 16.8 Å². The number of carbonyl (C=O) groups is 2. The highest BCUT2D eigenvalue weighted by atomic mass is 32.2. The van der Waals surface area contributed by atoms with Crippen LogP contribution < -0.4 is 14.9 Å². The van der Waals surface area contributed by atoms with Crippen LogP contribution in [0.1, 0.15) is 43.9 Å². The van der Waals surface area contributed by atoms with E-state index in [-0.39, 0.29) is 22.6 Å². The fraction of sp³-hybridized carbons (Fsp3) is 0.417. The van der Waals surface area contributed by atoms with Crippen LogP contribution in [0.3, 0.4) is 0 Å². The standard InChI is InChI=1S/C24H31N3O4S/c1-15(2)13-22(24(29)25-21-8-6-7-16(3)17(21)4)26-32(30,31)20-9-10-23-19(14-20)11-12-27(23)18(5)28/h6-10,14-15,22,26H,11-13H2,1-5H3,(H,25,29)/t22-/m1/s1. The van der Waals surface area contributed by atoms with Gasteiger partial charge in [0.2, 0.25) is 21.8 Å². The lowest BCUT2D eigenvalue weighted by atomic mass is 10.0. The van der Waals surface area contributed by atoms with Crippen molar-refractivity contribution < 1.29 is 18.0 Å². The molecule has 0 bridgehead atoms. The number of amides is 2. The highest BCUT2D eigenvalue weighted by molar-refractivity contribution is 7.89. The second-order valence-corrected chi connectivity index (χ2v) is 10.5. The number of nitrogens with one attached hydrogen (secondary N) is 2. The van der Waals surface area contributed by atoms with Gasteiger partial charge in [0.15, 0.2) is 0 Å². The maximum atomic E-state index is 13.1. The number of hydrogen-bond acceptors (Lipinski definition) is 4. The van der Waals surface area contributed by atoms with Crippen molar-refractivity contribution in [3.8, 4) is 0 Å². The van der Waals surface area contributed by atoms with Gasteiger partial charge in [0.25, 0.3) is 0 Å². The SMILES string of the molecule is CC(=O)N1CCc2cc(S(=O)(=O)N[C@H](CC(C)C)C(=O)Nc3cccc(C)c3C)ccc21. The zero-order valence-corrected chi connectivity index (χ0v) is 20.0. The topological polar surface area (TPSA) is 95.6 Å². The molecule has 2 aromatic rings. The first-order chi connectivity index (χ1) is 15.0. The van der Waals surface area contributed by atoms with E-state index in [0.717, 1.165) is 22.4 Å². The molecule has 172 valence electrons. The molecular weight excluding hydrogens is 426 g/mol. The first-order valence-electron chi connectivity index (χ1n) is 10.8. The van der Waals surface area contributed by atoms with Crippen molar-refractivity contribution in [3.63, 3.8) is 0 Å². The Balaban J connectivity index is 1.84. The van der Waals surface area contributed by atoms with Crippen molar-refractivity contribution in [2.45, 2.75) is 58.4 Å². The fourth-order valence-electron chi connectivity index (χ4n) is 3.91. The summed E-state index contributed by atoms with van der Waals surface area (Å²) >= 11 is 0. The molecular formula is C24H31N3O4S. The Morgan fingerprint density at radius 1 is 1.12 bits per heavy atom. The van der Waals surface area contributed by atoms with Gasteiger partial charge >= 0.3 is 0 Å². The quantitative estimate of drug-likeness (QED) is 0.665. The number of fused-ring (bicyclic) bond motifs is 1. The van der Waals surface area contributed by atoms with Crippen molar-refractivity contribution >= 4 is 33.2 Å². The Bertz CT molecular complexity index is 1140. The molecule has 2 amide bonds. The van der Waals surface area contributed by atoms with Crippen molar-refractivity contribution in [1.29, 1.82) is 0 Å². The number of anilines is 2. The molecule has 3 rings (SSSR count). The minimum absolute atomic E-state index is 0.0717. The van der Waals surface area contributed by atoms with Crippen LogP contribution in [0.15, 0.2) is 41.3 Å². The van der Waals surface area contributed by atoms with Crippen molar-refractivity contribution in [1.82, 2.24) is 4.72 Å². The molecule has 0 aromatic heterocycles. The molecule has 0 radical (unpaired) electrons. The number of benzene rings is 2. The molecule has 2 N–H and O–H groups in total. The van der Waals surface area contributed by atoms with Gasteiger partial charge in [-0.3, -0.25) is 9.59 Å². The third kappa shape index (κ3) is 5.19. The van der Waals surface area contributed by atoms with Crippen LogP contribution in [-0.4, -0.2) is 32.8 Å². The second kappa shape index (κ2) is 9.42. The maximum Gasteiger partial charge on any atom is 0.242 e. The van der Waals surface area contributed by atoms with Gasteiger partial charge in [0.05, 0.1) is 4.90 Å². The van der Waals surface area contributed by atoms with E-state index in [2.05, 4.69) is 10.0 Å². The second-order valence-electron chi connectivity index (χ2n) is 8.75.